The van der Waals surface area contributed by atoms with E-state index >= 15 is 0 Å². The smallest absolute Gasteiger partial charge is 0.161 e. The van der Waals surface area contributed by atoms with Crippen LogP contribution in [0.15, 0.2) is 80.2 Å². The van der Waals surface area contributed by atoms with Gasteiger partial charge in [-0.25, -0.2) is 0 Å². The molecule has 2 nitrogen and oxygen atoms in total. The van der Waals surface area contributed by atoms with Crippen LogP contribution in [-0.4, -0.2) is 14.2 Å². The van der Waals surface area contributed by atoms with Crippen molar-refractivity contribution in [1.82, 2.24) is 0 Å². The second-order valence-corrected chi connectivity index (χ2v) is 8.21. The molecular formula is C22H22O2S2. The molecule has 4 heteroatoms. The molecule has 0 aliphatic carbocycles. The quantitative estimate of drug-likeness (QED) is 0.476. The zero-order valence-electron chi connectivity index (χ0n) is 15.4. The van der Waals surface area contributed by atoms with Gasteiger partial charge in [0.15, 0.2) is 11.5 Å². The van der Waals surface area contributed by atoms with E-state index in [2.05, 4.69) is 74.5 Å². The first-order valence-electron chi connectivity index (χ1n) is 8.34. The summed E-state index contributed by atoms with van der Waals surface area (Å²) in [6.07, 6.45) is 0. The fraction of sp³-hybridized carbons (Fsp3) is 0.182. The summed E-state index contributed by atoms with van der Waals surface area (Å²) in [5, 5.41) is 0. The normalized spacial score (nSPS) is 10.6. The van der Waals surface area contributed by atoms with Crippen molar-refractivity contribution in [3.63, 3.8) is 0 Å². The molecule has 3 rings (SSSR count). The molecule has 0 spiro atoms. The first kappa shape index (κ1) is 18.7. The second kappa shape index (κ2) is 8.56. The molecular weight excluding hydrogens is 360 g/mol. The van der Waals surface area contributed by atoms with E-state index in [0.717, 1.165) is 21.3 Å². The van der Waals surface area contributed by atoms with Crippen LogP contribution in [0.1, 0.15) is 11.1 Å². The summed E-state index contributed by atoms with van der Waals surface area (Å²) in [5.74, 6) is 1.49. The van der Waals surface area contributed by atoms with Crippen LogP contribution in [-0.2, 0) is 0 Å². The molecule has 0 atom stereocenters. The third-order valence-corrected chi connectivity index (χ3v) is 6.21. The molecule has 3 aromatic rings. The number of hydrogen-bond acceptors (Lipinski definition) is 4. The van der Waals surface area contributed by atoms with Crippen LogP contribution in [0.2, 0.25) is 0 Å². The highest BCUT2D eigenvalue weighted by atomic mass is 32.2. The van der Waals surface area contributed by atoms with Gasteiger partial charge in [-0.1, -0.05) is 58.9 Å². The fourth-order valence-electron chi connectivity index (χ4n) is 2.47. The van der Waals surface area contributed by atoms with Gasteiger partial charge in [-0.3, -0.25) is 0 Å². The van der Waals surface area contributed by atoms with Crippen molar-refractivity contribution in [3.05, 3.63) is 71.8 Å². The Hall–Kier alpha value is -2.04. The molecule has 0 amide bonds. The van der Waals surface area contributed by atoms with Gasteiger partial charge in [0, 0.05) is 19.6 Å². The molecule has 0 aromatic heterocycles. The Morgan fingerprint density at radius 2 is 0.923 bits per heavy atom. The third-order valence-electron chi connectivity index (χ3n) is 3.95. The summed E-state index contributed by atoms with van der Waals surface area (Å²) >= 11 is 3.48. The molecule has 26 heavy (non-hydrogen) atoms. The highest BCUT2D eigenvalue weighted by Gasteiger charge is 2.14. The molecule has 0 radical (unpaired) electrons. The van der Waals surface area contributed by atoms with Crippen LogP contribution in [0.4, 0.5) is 0 Å². The number of benzene rings is 3. The summed E-state index contributed by atoms with van der Waals surface area (Å²) in [7, 11) is 3.34. The Bertz CT molecular complexity index is 797. The topological polar surface area (TPSA) is 18.5 Å². The molecule has 0 fully saturated rings. The largest absolute Gasteiger partial charge is 0.493 e. The molecule has 0 aliphatic rings. The van der Waals surface area contributed by atoms with E-state index in [1.807, 2.05) is 0 Å². The van der Waals surface area contributed by atoms with Gasteiger partial charge in [0.05, 0.1) is 14.2 Å². The number of hydrogen-bond donors (Lipinski definition) is 0. The Balaban J connectivity index is 1.98. The van der Waals surface area contributed by atoms with E-state index in [1.165, 1.54) is 20.9 Å². The predicted octanol–water partition coefficient (Wildman–Crippen LogP) is 6.62. The lowest BCUT2D eigenvalue weighted by Crippen LogP contribution is -1.92. The van der Waals surface area contributed by atoms with Crippen molar-refractivity contribution in [2.45, 2.75) is 33.4 Å². The lowest BCUT2D eigenvalue weighted by Gasteiger charge is -2.14. The first-order valence-corrected chi connectivity index (χ1v) is 9.97. The molecule has 3 aromatic carbocycles. The number of ether oxygens (including phenoxy) is 2. The van der Waals surface area contributed by atoms with Crippen LogP contribution >= 0.6 is 23.5 Å². The molecule has 134 valence electrons. The molecule has 0 saturated carbocycles. The lowest BCUT2D eigenvalue weighted by molar-refractivity contribution is 0.352. The summed E-state index contributed by atoms with van der Waals surface area (Å²) in [6, 6.07) is 21.2. The van der Waals surface area contributed by atoms with Gasteiger partial charge >= 0.3 is 0 Å². The maximum Gasteiger partial charge on any atom is 0.161 e. The van der Waals surface area contributed by atoms with Gasteiger partial charge in [-0.15, -0.1) is 0 Å². The minimum absolute atomic E-state index is 0.746. The zero-order valence-corrected chi connectivity index (χ0v) is 17.0. The van der Waals surface area contributed by atoms with Crippen molar-refractivity contribution < 1.29 is 9.47 Å². The van der Waals surface area contributed by atoms with Gasteiger partial charge in [-0.2, -0.15) is 0 Å². The van der Waals surface area contributed by atoms with Crippen molar-refractivity contribution in [2.24, 2.45) is 0 Å². The maximum absolute atomic E-state index is 5.51. The van der Waals surface area contributed by atoms with E-state index in [0.29, 0.717) is 0 Å². The Morgan fingerprint density at radius 1 is 0.577 bits per heavy atom. The van der Waals surface area contributed by atoms with Crippen molar-refractivity contribution in [3.8, 4) is 11.5 Å². The summed E-state index contributed by atoms with van der Waals surface area (Å²) in [5.41, 5.74) is 2.52. The Kier molecular flexibility index (Phi) is 6.17. The summed E-state index contributed by atoms with van der Waals surface area (Å²) in [6.45, 7) is 4.20. The van der Waals surface area contributed by atoms with Crippen LogP contribution in [0.3, 0.4) is 0 Å². The van der Waals surface area contributed by atoms with Gasteiger partial charge in [0.1, 0.15) is 0 Å². The summed E-state index contributed by atoms with van der Waals surface area (Å²) in [4.78, 5) is 4.70. The number of methoxy groups -OCH3 is 2. The number of rotatable bonds is 6. The van der Waals surface area contributed by atoms with Crippen LogP contribution in [0.5, 0.6) is 11.5 Å². The fourth-order valence-corrected chi connectivity index (χ4v) is 4.42. The van der Waals surface area contributed by atoms with E-state index in [4.69, 9.17) is 9.47 Å². The molecule has 0 aliphatic heterocycles. The SMILES string of the molecule is COc1cc(Sc2ccc(C)cc2)c(Sc2ccc(C)cc2)cc1OC. The first-order chi connectivity index (χ1) is 12.6. The zero-order chi connectivity index (χ0) is 18.5. The third kappa shape index (κ3) is 4.57. The second-order valence-electron chi connectivity index (χ2n) is 5.98. The number of aryl methyl sites for hydroxylation is 2. The minimum atomic E-state index is 0.746. The highest BCUT2D eigenvalue weighted by Crippen LogP contribution is 2.44. The predicted molar refractivity (Wildman–Crippen MR) is 110 cm³/mol. The lowest BCUT2D eigenvalue weighted by atomic mass is 10.2. The molecule has 0 heterocycles. The Morgan fingerprint density at radius 3 is 1.23 bits per heavy atom. The van der Waals surface area contributed by atoms with E-state index in [9.17, 15) is 0 Å². The molecule has 0 saturated heterocycles. The van der Waals surface area contributed by atoms with Gasteiger partial charge < -0.3 is 9.47 Å². The average Bonchev–Trinajstić information content (AvgIpc) is 2.66. The molecule has 0 N–H and O–H groups in total. The molecule has 0 bridgehead atoms. The van der Waals surface area contributed by atoms with E-state index in [1.54, 1.807) is 37.7 Å². The Labute approximate surface area is 163 Å². The molecule has 0 unspecified atom stereocenters. The van der Waals surface area contributed by atoms with E-state index < -0.39 is 0 Å². The standard InChI is InChI=1S/C22H22O2S2/c1-15-5-9-17(10-6-15)25-21-13-19(23-3)20(24-4)14-22(21)26-18-11-7-16(2)8-12-18/h5-14H,1-4H3. The van der Waals surface area contributed by atoms with Crippen LogP contribution < -0.4 is 9.47 Å². The summed E-state index contributed by atoms with van der Waals surface area (Å²) < 4.78 is 11.0. The van der Waals surface area contributed by atoms with Gasteiger partial charge in [-0.05, 0) is 50.2 Å². The minimum Gasteiger partial charge on any atom is -0.493 e. The van der Waals surface area contributed by atoms with Gasteiger partial charge in [0.2, 0.25) is 0 Å². The van der Waals surface area contributed by atoms with Crippen molar-refractivity contribution in [2.75, 3.05) is 14.2 Å². The van der Waals surface area contributed by atoms with Crippen molar-refractivity contribution in [1.29, 1.82) is 0 Å². The van der Waals surface area contributed by atoms with Crippen LogP contribution in [0, 0.1) is 13.8 Å². The monoisotopic (exact) mass is 382 g/mol. The van der Waals surface area contributed by atoms with Crippen molar-refractivity contribution >= 4 is 23.5 Å². The van der Waals surface area contributed by atoms with Gasteiger partial charge in [0.25, 0.3) is 0 Å². The maximum atomic E-state index is 5.51. The van der Waals surface area contributed by atoms with E-state index in [-0.39, 0.29) is 0 Å². The van der Waals surface area contributed by atoms with Crippen LogP contribution in [0.25, 0.3) is 0 Å². The highest BCUT2D eigenvalue weighted by molar-refractivity contribution is 8.02. The average molecular weight is 383 g/mol.